The van der Waals surface area contributed by atoms with Crippen LogP contribution in [0.25, 0.3) is 0 Å². The van der Waals surface area contributed by atoms with Gasteiger partial charge < -0.3 is 9.64 Å². The van der Waals surface area contributed by atoms with Gasteiger partial charge in [-0.15, -0.1) is 0 Å². The Morgan fingerprint density at radius 1 is 1.15 bits per heavy atom. The molecule has 0 saturated heterocycles. The summed E-state index contributed by atoms with van der Waals surface area (Å²) < 4.78 is 5.11. The van der Waals surface area contributed by atoms with E-state index in [4.69, 9.17) is 4.74 Å². The van der Waals surface area contributed by atoms with Gasteiger partial charge in [0.05, 0.1) is 0 Å². The summed E-state index contributed by atoms with van der Waals surface area (Å²) in [7, 11) is 1.63. The van der Waals surface area contributed by atoms with Crippen LogP contribution in [0.1, 0.15) is 0 Å². The molecule has 102 valence electrons. The highest BCUT2D eigenvalue weighted by atomic mass is 16.6. The molecule has 0 bridgehead atoms. The predicted octanol–water partition coefficient (Wildman–Crippen LogP) is 2.89. The Hall–Kier alpha value is -2.82. The maximum atomic E-state index is 11.7. The van der Waals surface area contributed by atoms with Crippen LogP contribution in [0.15, 0.2) is 54.6 Å². The van der Waals surface area contributed by atoms with E-state index >= 15 is 0 Å². The van der Waals surface area contributed by atoms with Crippen molar-refractivity contribution in [1.29, 1.82) is 0 Å². The summed E-state index contributed by atoms with van der Waals surface area (Å²) >= 11 is 0. The topological polar surface area (TPSA) is 58.6 Å². The minimum absolute atomic E-state index is 0.464. The third-order valence-electron chi connectivity index (χ3n) is 2.61. The number of carbonyl (C=O) groups is 2. The number of nitrogens with zero attached hydrogens (tertiary/aromatic N) is 1. The summed E-state index contributed by atoms with van der Waals surface area (Å²) in [5.74, 6) is 0.464. The fraction of sp³-hybridized carbons (Fsp3) is 0.0667. The standard InChI is InChI=1S/C15H14N2O3/c1-17(11-18)13-7-5-6-12(10-13)16-15(19)20-14-8-3-2-4-9-14/h2-11H,1H3,(H,16,19). The first-order valence-corrected chi connectivity index (χ1v) is 6.01. The van der Waals surface area contributed by atoms with Gasteiger partial charge in [0.25, 0.3) is 0 Å². The number of ether oxygens (including phenoxy) is 1. The van der Waals surface area contributed by atoms with Gasteiger partial charge in [0.2, 0.25) is 6.41 Å². The van der Waals surface area contributed by atoms with Gasteiger partial charge >= 0.3 is 6.09 Å². The van der Waals surface area contributed by atoms with E-state index in [-0.39, 0.29) is 0 Å². The Morgan fingerprint density at radius 3 is 2.60 bits per heavy atom. The number of rotatable bonds is 4. The SMILES string of the molecule is CN(C=O)c1cccc(NC(=O)Oc2ccccc2)c1. The maximum Gasteiger partial charge on any atom is 0.417 e. The fourth-order valence-electron chi connectivity index (χ4n) is 1.60. The molecule has 2 aromatic carbocycles. The van der Waals surface area contributed by atoms with Crippen molar-refractivity contribution in [1.82, 2.24) is 0 Å². The molecule has 0 aliphatic heterocycles. The summed E-state index contributed by atoms with van der Waals surface area (Å²) in [6.07, 6.45) is 0.114. The van der Waals surface area contributed by atoms with Crippen LogP contribution >= 0.6 is 0 Å². The lowest BCUT2D eigenvalue weighted by Crippen LogP contribution is -2.18. The maximum absolute atomic E-state index is 11.7. The van der Waals surface area contributed by atoms with Gasteiger partial charge in [-0.2, -0.15) is 0 Å². The molecule has 0 fully saturated rings. The van der Waals surface area contributed by atoms with Crippen molar-refractivity contribution >= 4 is 23.9 Å². The number of anilines is 2. The number of carbonyl (C=O) groups excluding carboxylic acids is 2. The van der Waals surface area contributed by atoms with E-state index in [1.54, 1.807) is 55.6 Å². The molecule has 0 unspecified atom stereocenters. The first-order chi connectivity index (χ1) is 9.69. The van der Waals surface area contributed by atoms with Crippen molar-refractivity contribution < 1.29 is 14.3 Å². The highest BCUT2D eigenvalue weighted by Crippen LogP contribution is 2.18. The molecule has 0 radical (unpaired) electrons. The molecule has 20 heavy (non-hydrogen) atoms. The van der Waals surface area contributed by atoms with Crippen LogP contribution in [-0.2, 0) is 4.79 Å². The zero-order valence-corrected chi connectivity index (χ0v) is 10.9. The molecule has 0 aromatic heterocycles. The summed E-state index contributed by atoms with van der Waals surface area (Å²) in [4.78, 5) is 23.8. The van der Waals surface area contributed by atoms with Crippen molar-refractivity contribution in [2.75, 3.05) is 17.3 Å². The second-order valence-electron chi connectivity index (χ2n) is 4.09. The fourth-order valence-corrected chi connectivity index (χ4v) is 1.60. The summed E-state index contributed by atoms with van der Waals surface area (Å²) in [6.45, 7) is 0. The van der Waals surface area contributed by atoms with Crippen LogP contribution in [0, 0.1) is 0 Å². The molecule has 5 heteroatoms. The number of para-hydroxylation sites is 1. The van der Waals surface area contributed by atoms with Gasteiger partial charge in [0.15, 0.2) is 0 Å². The number of nitrogens with one attached hydrogen (secondary N) is 1. The zero-order chi connectivity index (χ0) is 14.4. The average Bonchev–Trinajstić information content (AvgIpc) is 2.47. The third kappa shape index (κ3) is 3.58. The van der Waals surface area contributed by atoms with Crippen LogP contribution < -0.4 is 15.0 Å². The lowest BCUT2D eigenvalue weighted by molar-refractivity contribution is -0.107. The minimum Gasteiger partial charge on any atom is -0.410 e. The lowest BCUT2D eigenvalue weighted by atomic mass is 10.2. The normalized spacial score (nSPS) is 9.65. The summed E-state index contributed by atoms with van der Waals surface area (Å²) in [5.41, 5.74) is 1.23. The summed E-state index contributed by atoms with van der Waals surface area (Å²) in [6, 6.07) is 15.7. The Bertz CT molecular complexity index is 599. The molecule has 0 aliphatic rings. The van der Waals surface area contributed by atoms with Gasteiger partial charge in [-0.3, -0.25) is 10.1 Å². The number of hydrogen-bond acceptors (Lipinski definition) is 3. The Balaban J connectivity index is 2.03. The van der Waals surface area contributed by atoms with Crippen molar-refractivity contribution in [3.63, 3.8) is 0 Å². The monoisotopic (exact) mass is 270 g/mol. The van der Waals surface area contributed by atoms with Crippen LogP contribution in [-0.4, -0.2) is 19.6 Å². The number of amides is 2. The molecule has 1 N–H and O–H groups in total. The van der Waals surface area contributed by atoms with E-state index < -0.39 is 6.09 Å². The van der Waals surface area contributed by atoms with E-state index in [2.05, 4.69) is 5.32 Å². The van der Waals surface area contributed by atoms with Gasteiger partial charge in [-0.05, 0) is 30.3 Å². The van der Waals surface area contributed by atoms with Gasteiger partial charge in [0.1, 0.15) is 5.75 Å². The van der Waals surface area contributed by atoms with E-state index in [1.165, 1.54) is 4.90 Å². The van der Waals surface area contributed by atoms with Crippen molar-refractivity contribution in [3.8, 4) is 5.75 Å². The molecule has 0 saturated carbocycles. The minimum atomic E-state index is -0.581. The van der Waals surface area contributed by atoms with Crippen LogP contribution in [0.4, 0.5) is 16.2 Å². The van der Waals surface area contributed by atoms with E-state index in [9.17, 15) is 9.59 Å². The molecule has 2 rings (SSSR count). The number of benzene rings is 2. The van der Waals surface area contributed by atoms with Crippen LogP contribution in [0.2, 0.25) is 0 Å². The van der Waals surface area contributed by atoms with E-state index in [1.807, 2.05) is 6.07 Å². The first kappa shape index (κ1) is 13.6. The van der Waals surface area contributed by atoms with E-state index in [0.29, 0.717) is 23.5 Å². The quantitative estimate of drug-likeness (QED) is 0.869. The molecule has 0 spiro atoms. The lowest BCUT2D eigenvalue weighted by Gasteiger charge is -2.12. The molecule has 0 heterocycles. The Kier molecular flexibility index (Phi) is 4.34. The molecule has 5 nitrogen and oxygen atoms in total. The number of hydrogen-bond donors (Lipinski definition) is 1. The largest absolute Gasteiger partial charge is 0.417 e. The summed E-state index contributed by atoms with van der Waals surface area (Å²) in [5, 5.41) is 2.61. The van der Waals surface area contributed by atoms with Crippen molar-refractivity contribution in [2.45, 2.75) is 0 Å². The Morgan fingerprint density at radius 2 is 1.90 bits per heavy atom. The Labute approximate surface area is 116 Å². The highest BCUT2D eigenvalue weighted by molar-refractivity contribution is 5.87. The molecule has 0 atom stereocenters. The van der Waals surface area contributed by atoms with Gasteiger partial charge in [0, 0.05) is 18.4 Å². The second kappa shape index (κ2) is 6.38. The predicted molar refractivity (Wildman–Crippen MR) is 77.0 cm³/mol. The molecule has 2 aromatic rings. The zero-order valence-electron chi connectivity index (χ0n) is 10.9. The second-order valence-corrected chi connectivity index (χ2v) is 4.09. The average molecular weight is 270 g/mol. The van der Waals surface area contributed by atoms with E-state index in [0.717, 1.165) is 0 Å². The van der Waals surface area contributed by atoms with Crippen molar-refractivity contribution in [2.24, 2.45) is 0 Å². The van der Waals surface area contributed by atoms with Gasteiger partial charge in [-0.25, -0.2) is 4.79 Å². The smallest absolute Gasteiger partial charge is 0.410 e. The molecule has 0 aliphatic carbocycles. The molecular weight excluding hydrogens is 256 g/mol. The molecule has 2 amide bonds. The van der Waals surface area contributed by atoms with Crippen molar-refractivity contribution in [3.05, 3.63) is 54.6 Å². The highest BCUT2D eigenvalue weighted by Gasteiger charge is 2.06. The molecular formula is C15H14N2O3. The van der Waals surface area contributed by atoms with Gasteiger partial charge in [-0.1, -0.05) is 24.3 Å². The first-order valence-electron chi connectivity index (χ1n) is 6.01. The third-order valence-corrected chi connectivity index (χ3v) is 2.61. The van der Waals surface area contributed by atoms with Crippen LogP contribution in [0.5, 0.6) is 5.75 Å². The van der Waals surface area contributed by atoms with Crippen LogP contribution in [0.3, 0.4) is 0 Å².